The summed E-state index contributed by atoms with van der Waals surface area (Å²) in [4.78, 5) is 0. The van der Waals surface area contributed by atoms with E-state index in [2.05, 4.69) is 20.8 Å². The van der Waals surface area contributed by atoms with Crippen LogP contribution < -0.4 is 5.73 Å². The standard InChI is InChI=1S/C16H31N/c1-4-12-8-5-6-9-13(12)15(17)14-10-7-11-16(14,2)3/h12-15H,4-11,17H2,1-3H3. The summed E-state index contributed by atoms with van der Waals surface area (Å²) in [5.74, 6) is 2.51. The van der Waals surface area contributed by atoms with Gasteiger partial charge in [-0.15, -0.1) is 0 Å². The molecule has 17 heavy (non-hydrogen) atoms. The van der Waals surface area contributed by atoms with E-state index in [1.807, 2.05) is 0 Å². The van der Waals surface area contributed by atoms with Crippen molar-refractivity contribution in [2.24, 2.45) is 28.9 Å². The molecular weight excluding hydrogens is 206 g/mol. The first-order chi connectivity index (χ1) is 8.06. The molecule has 0 radical (unpaired) electrons. The van der Waals surface area contributed by atoms with E-state index in [-0.39, 0.29) is 0 Å². The van der Waals surface area contributed by atoms with Crippen LogP contribution in [0.4, 0.5) is 0 Å². The van der Waals surface area contributed by atoms with Crippen molar-refractivity contribution in [3.8, 4) is 0 Å². The summed E-state index contributed by atoms with van der Waals surface area (Å²) in [6.45, 7) is 7.23. The minimum atomic E-state index is 0.470. The topological polar surface area (TPSA) is 26.0 Å². The molecule has 2 aliphatic carbocycles. The van der Waals surface area contributed by atoms with Gasteiger partial charge in [-0.1, -0.05) is 52.9 Å². The highest BCUT2D eigenvalue weighted by Gasteiger charge is 2.42. The van der Waals surface area contributed by atoms with Crippen molar-refractivity contribution >= 4 is 0 Å². The van der Waals surface area contributed by atoms with Crippen molar-refractivity contribution in [1.82, 2.24) is 0 Å². The molecule has 0 aromatic rings. The van der Waals surface area contributed by atoms with Crippen LogP contribution in [0.15, 0.2) is 0 Å². The maximum absolute atomic E-state index is 6.70. The van der Waals surface area contributed by atoms with E-state index in [1.165, 1.54) is 51.4 Å². The first-order valence-corrected chi connectivity index (χ1v) is 7.82. The third kappa shape index (κ3) is 2.70. The minimum Gasteiger partial charge on any atom is -0.327 e. The number of hydrogen-bond donors (Lipinski definition) is 1. The molecule has 0 aromatic heterocycles. The molecular formula is C16H31N. The fourth-order valence-corrected chi connectivity index (χ4v) is 4.62. The van der Waals surface area contributed by atoms with Crippen LogP contribution in [0.2, 0.25) is 0 Å². The predicted octanol–water partition coefficient (Wildman–Crippen LogP) is 4.36. The molecule has 1 heteroatoms. The molecule has 1 nitrogen and oxygen atoms in total. The SMILES string of the molecule is CCC1CCCCC1C(N)C1CCCC1(C)C. The number of nitrogens with two attached hydrogens (primary N) is 1. The molecule has 100 valence electrons. The Morgan fingerprint density at radius 1 is 1.12 bits per heavy atom. The summed E-state index contributed by atoms with van der Waals surface area (Å²) >= 11 is 0. The molecule has 4 atom stereocenters. The second-order valence-corrected chi connectivity index (χ2v) is 7.18. The van der Waals surface area contributed by atoms with E-state index in [4.69, 9.17) is 5.73 Å². The van der Waals surface area contributed by atoms with E-state index in [0.717, 1.165) is 17.8 Å². The lowest BCUT2D eigenvalue weighted by atomic mass is 9.66. The van der Waals surface area contributed by atoms with Crippen LogP contribution in [-0.2, 0) is 0 Å². The van der Waals surface area contributed by atoms with Gasteiger partial charge in [0.15, 0.2) is 0 Å². The Bertz CT molecular complexity index is 246. The normalized spacial score (nSPS) is 39.2. The zero-order valence-electron chi connectivity index (χ0n) is 12.0. The Morgan fingerprint density at radius 2 is 1.82 bits per heavy atom. The van der Waals surface area contributed by atoms with E-state index in [0.29, 0.717) is 11.5 Å². The monoisotopic (exact) mass is 237 g/mol. The van der Waals surface area contributed by atoms with Crippen molar-refractivity contribution in [2.45, 2.75) is 78.2 Å². The number of rotatable bonds is 3. The summed E-state index contributed by atoms with van der Waals surface area (Å²) in [5, 5.41) is 0. The molecule has 2 rings (SSSR count). The van der Waals surface area contributed by atoms with Gasteiger partial charge in [0.2, 0.25) is 0 Å². The lowest BCUT2D eigenvalue weighted by Gasteiger charge is -2.41. The highest BCUT2D eigenvalue weighted by atomic mass is 14.7. The molecule has 0 bridgehead atoms. The average molecular weight is 237 g/mol. The van der Waals surface area contributed by atoms with Gasteiger partial charge < -0.3 is 5.73 Å². The fourth-order valence-electron chi connectivity index (χ4n) is 4.62. The minimum absolute atomic E-state index is 0.470. The molecule has 4 unspecified atom stereocenters. The summed E-state index contributed by atoms with van der Waals surface area (Å²) < 4.78 is 0. The van der Waals surface area contributed by atoms with Crippen LogP contribution >= 0.6 is 0 Å². The highest BCUT2D eigenvalue weighted by molar-refractivity contribution is 4.95. The van der Waals surface area contributed by atoms with Gasteiger partial charge in [-0.05, 0) is 42.4 Å². The van der Waals surface area contributed by atoms with Crippen LogP contribution in [0.5, 0.6) is 0 Å². The first kappa shape index (κ1) is 13.4. The second kappa shape index (κ2) is 5.30. The quantitative estimate of drug-likeness (QED) is 0.775. The lowest BCUT2D eigenvalue weighted by molar-refractivity contribution is 0.115. The van der Waals surface area contributed by atoms with Crippen LogP contribution in [-0.4, -0.2) is 6.04 Å². The van der Waals surface area contributed by atoms with Gasteiger partial charge in [0.1, 0.15) is 0 Å². The third-order valence-corrected chi connectivity index (χ3v) is 5.79. The maximum atomic E-state index is 6.70. The van der Waals surface area contributed by atoms with E-state index < -0.39 is 0 Å². The van der Waals surface area contributed by atoms with E-state index in [1.54, 1.807) is 0 Å². The molecule has 2 fully saturated rings. The molecule has 2 N–H and O–H groups in total. The van der Waals surface area contributed by atoms with E-state index in [9.17, 15) is 0 Å². The Hall–Kier alpha value is -0.0400. The third-order valence-electron chi connectivity index (χ3n) is 5.79. The van der Waals surface area contributed by atoms with Crippen molar-refractivity contribution < 1.29 is 0 Å². The highest BCUT2D eigenvalue weighted by Crippen LogP contribution is 2.48. The molecule has 0 aromatic carbocycles. The van der Waals surface area contributed by atoms with Gasteiger partial charge in [-0.25, -0.2) is 0 Å². The van der Waals surface area contributed by atoms with Gasteiger partial charge in [0, 0.05) is 6.04 Å². The van der Waals surface area contributed by atoms with Crippen LogP contribution in [0, 0.1) is 23.2 Å². The second-order valence-electron chi connectivity index (χ2n) is 7.18. The van der Waals surface area contributed by atoms with Gasteiger partial charge in [-0.2, -0.15) is 0 Å². The molecule has 0 aliphatic heterocycles. The largest absolute Gasteiger partial charge is 0.327 e. The molecule has 0 spiro atoms. The predicted molar refractivity (Wildman–Crippen MR) is 74.8 cm³/mol. The molecule has 0 heterocycles. The lowest BCUT2D eigenvalue weighted by Crippen LogP contribution is -2.45. The van der Waals surface area contributed by atoms with Gasteiger partial charge >= 0.3 is 0 Å². The average Bonchev–Trinajstić information content (AvgIpc) is 2.68. The zero-order chi connectivity index (χ0) is 12.5. The van der Waals surface area contributed by atoms with E-state index >= 15 is 0 Å². The van der Waals surface area contributed by atoms with Gasteiger partial charge in [-0.3, -0.25) is 0 Å². The Balaban J connectivity index is 2.04. The first-order valence-electron chi connectivity index (χ1n) is 7.82. The van der Waals surface area contributed by atoms with Crippen molar-refractivity contribution in [3.05, 3.63) is 0 Å². The fraction of sp³-hybridized carbons (Fsp3) is 1.00. The van der Waals surface area contributed by atoms with Crippen LogP contribution in [0.1, 0.15) is 72.1 Å². The molecule has 2 saturated carbocycles. The van der Waals surface area contributed by atoms with Crippen molar-refractivity contribution in [2.75, 3.05) is 0 Å². The maximum Gasteiger partial charge on any atom is 0.0103 e. The Morgan fingerprint density at radius 3 is 2.41 bits per heavy atom. The Labute approximate surface area is 108 Å². The smallest absolute Gasteiger partial charge is 0.0103 e. The summed E-state index contributed by atoms with van der Waals surface area (Å²) in [6, 6.07) is 0.470. The molecule has 0 saturated heterocycles. The molecule has 2 aliphatic rings. The molecule has 0 amide bonds. The van der Waals surface area contributed by atoms with Crippen LogP contribution in [0.25, 0.3) is 0 Å². The summed E-state index contributed by atoms with van der Waals surface area (Å²) in [5.41, 5.74) is 7.19. The summed E-state index contributed by atoms with van der Waals surface area (Å²) in [6.07, 6.45) is 11.2. The zero-order valence-corrected chi connectivity index (χ0v) is 12.0. The van der Waals surface area contributed by atoms with Gasteiger partial charge in [0.05, 0.1) is 0 Å². The van der Waals surface area contributed by atoms with Gasteiger partial charge in [0.25, 0.3) is 0 Å². The Kier molecular flexibility index (Phi) is 4.18. The summed E-state index contributed by atoms with van der Waals surface area (Å²) in [7, 11) is 0. The van der Waals surface area contributed by atoms with Crippen molar-refractivity contribution in [1.29, 1.82) is 0 Å². The number of hydrogen-bond acceptors (Lipinski definition) is 1. The van der Waals surface area contributed by atoms with Crippen molar-refractivity contribution in [3.63, 3.8) is 0 Å². The van der Waals surface area contributed by atoms with Crippen LogP contribution in [0.3, 0.4) is 0 Å².